The molecule has 0 aliphatic heterocycles. The van der Waals surface area contributed by atoms with Gasteiger partial charge in [0.1, 0.15) is 5.82 Å². The monoisotopic (exact) mass is 323 g/mol. The van der Waals surface area contributed by atoms with Crippen molar-refractivity contribution in [2.45, 2.75) is 13.1 Å². The topological polar surface area (TPSA) is 29.1 Å². The first kappa shape index (κ1) is 16.7. The predicted octanol–water partition coefficient (Wildman–Crippen LogP) is 4.80. The van der Waals surface area contributed by atoms with Crippen molar-refractivity contribution in [3.05, 3.63) is 71.0 Å². The van der Waals surface area contributed by atoms with Crippen molar-refractivity contribution in [1.29, 1.82) is 0 Å². The molecule has 0 bridgehead atoms. The molecule has 6 heteroatoms. The van der Waals surface area contributed by atoms with Crippen LogP contribution in [0.15, 0.2) is 48.5 Å². The van der Waals surface area contributed by atoms with Gasteiger partial charge in [-0.2, -0.15) is 13.2 Å². The highest BCUT2D eigenvalue weighted by molar-refractivity contribution is 6.02. The van der Waals surface area contributed by atoms with Crippen LogP contribution in [0.3, 0.4) is 0 Å². The summed E-state index contributed by atoms with van der Waals surface area (Å²) in [6, 6.07) is 8.53. The van der Waals surface area contributed by atoms with E-state index in [1.54, 1.807) is 6.92 Å². The van der Waals surface area contributed by atoms with Crippen molar-refractivity contribution in [2.24, 2.45) is 0 Å². The van der Waals surface area contributed by atoms with Crippen LogP contribution in [0.1, 0.15) is 16.7 Å². The van der Waals surface area contributed by atoms with Crippen molar-refractivity contribution in [2.75, 3.05) is 5.32 Å². The number of nitrogens with one attached hydrogen (secondary N) is 1. The lowest BCUT2D eigenvalue weighted by molar-refractivity contribution is -0.137. The predicted molar refractivity (Wildman–Crippen MR) is 80.2 cm³/mol. The highest BCUT2D eigenvalue weighted by Crippen LogP contribution is 2.29. The minimum atomic E-state index is -4.43. The summed E-state index contributed by atoms with van der Waals surface area (Å²) in [7, 11) is 0. The molecule has 2 aromatic rings. The molecule has 0 aromatic heterocycles. The molecular weight excluding hydrogens is 310 g/mol. The van der Waals surface area contributed by atoms with Gasteiger partial charge >= 0.3 is 6.18 Å². The molecule has 0 saturated heterocycles. The molecule has 0 heterocycles. The van der Waals surface area contributed by atoms with E-state index in [1.807, 2.05) is 0 Å². The lowest BCUT2D eigenvalue weighted by Gasteiger charge is -2.07. The summed E-state index contributed by atoms with van der Waals surface area (Å²) in [4.78, 5) is 11.8. The molecule has 2 nitrogen and oxygen atoms in total. The molecule has 23 heavy (non-hydrogen) atoms. The van der Waals surface area contributed by atoms with E-state index in [0.29, 0.717) is 11.3 Å². The Bertz CT molecular complexity index is 750. The fourth-order valence-corrected chi connectivity index (χ4v) is 1.93. The van der Waals surface area contributed by atoms with Crippen LogP contribution in [0, 0.1) is 12.7 Å². The number of amides is 1. The van der Waals surface area contributed by atoms with Crippen LogP contribution in [0.2, 0.25) is 0 Å². The second-order valence-corrected chi connectivity index (χ2v) is 4.91. The van der Waals surface area contributed by atoms with E-state index in [0.717, 1.165) is 18.2 Å². The minimum Gasteiger partial charge on any atom is -0.322 e. The van der Waals surface area contributed by atoms with Gasteiger partial charge < -0.3 is 5.32 Å². The van der Waals surface area contributed by atoms with E-state index in [1.165, 1.54) is 36.4 Å². The normalized spacial score (nSPS) is 11.7. The quantitative estimate of drug-likeness (QED) is 0.638. The maximum atomic E-state index is 13.0. The zero-order valence-corrected chi connectivity index (χ0v) is 12.1. The second kappa shape index (κ2) is 6.64. The summed E-state index contributed by atoms with van der Waals surface area (Å²) >= 11 is 0. The highest BCUT2D eigenvalue weighted by Gasteiger charge is 2.30. The van der Waals surface area contributed by atoms with E-state index >= 15 is 0 Å². The Hall–Kier alpha value is -2.63. The van der Waals surface area contributed by atoms with E-state index in [9.17, 15) is 22.4 Å². The lowest BCUT2D eigenvalue weighted by Crippen LogP contribution is -2.09. The third kappa shape index (κ3) is 4.67. The average Bonchev–Trinajstić information content (AvgIpc) is 2.47. The van der Waals surface area contributed by atoms with Gasteiger partial charge in [0, 0.05) is 11.8 Å². The van der Waals surface area contributed by atoms with Crippen LogP contribution < -0.4 is 5.32 Å². The number of anilines is 1. The summed E-state index contributed by atoms with van der Waals surface area (Å²) in [5.41, 5.74) is 0.455. The molecule has 120 valence electrons. The summed E-state index contributed by atoms with van der Waals surface area (Å²) < 4.78 is 50.8. The Labute approximate surface area is 130 Å². The van der Waals surface area contributed by atoms with Crippen molar-refractivity contribution in [1.82, 2.24) is 0 Å². The van der Waals surface area contributed by atoms with Crippen molar-refractivity contribution in [3.63, 3.8) is 0 Å². The molecule has 0 atom stereocenters. The molecule has 0 saturated carbocycles. The average molecular weight is 323 g/mol. The Kier molecular flexibility index (Phi) is 4.83. The first-order valence-corrected chi connectivity index (χ1v) is 6.68. The fourth-order valence-electron chi connectivity index (χ4n) is 1.93. The van der Waals surface area contributed by atoms with Crippen LogP contribution in [-0.4, -0.2) is 5.91 Å². The number of hydrogen-bond acceptors (Lipinski definition) is 1. The molecule has 0 fully saturated rings. The van der Waals surface area contributed by atoms with Gasteiger partial charge in [-0.3, -0.25) is 4.79 Å². The maximum absolute atomic E-state index is 13.0. The first-order chi connectivity index (χ1) is 10.8. The molecule has 2 aromatic carbocycles. The number of hydrogen-bond donors (Lipinski definition) is 1. The standard InChI is InChI=1S/C17H13F4NO/c1-11-9-14(18)6-7-15(11)22-16(23)8-5-12-3-2-4-13(10-12)17(19,20)21/h2-10H,1H3,(H,22,23)/b8-5+. The second-order valence-electron chi connectivity index (χ2n) is 4.91. The number of carbonyl (C=O) groups is 1. The molecule has 0 spiro atoms. The van der Waals surface area contributed by atoms with Gasteiger partial charge in [0.25, 0.3) is 0 Å². The van der Waals surface area contributed by atoms with Crippen molar-refractivity contribution in [3.8, 4) is 0 Å². The Morgan fingerprint density at radius 3 is 2.52 bits per heavy atom. The Morgan fingerprint density at radius 1 is 1.13 bits per heavy atom. The van der Waals surface area contributed by atoms with E-state index in [-0.39, 0.29) is 5.56 Å². The number of rotatable bonds is 3. The largest absolute Gasteiger partial charge is 0.416 e. The van der Waals surface area contributed by atoms with Gasteiger partial charge in [0.15, 0.2) is 0 Å². The summed E-state index contributed by atoms with van der Waals surface area (Å²) in [5, 5.41) is 2.54. The summed E-state index contributed by atoms with van der Waals surface area (Å²) in [5.74, 6) is -0.933. The maximum Gasteiger partial charge on any atom is 0.416 e. The third-order valence-corrected chi connectivity index (χ3v) is 3.09. The SMILES string of the molecule is Cc1cc(F)ccc1NC(=O)/C=C/c1cccc(C(F)(F)F)c1. The van der Waals surface area contributed by atoms with Gasteiger partial charge in [0.05, 0.1) is 5.56 Å². The lowest BCUT2D eigenvalue weighted by atomic mass is 10.1. The molecule has 0 aliphatic carbocycles. The number of halogens is 4. The van der Waals surface area contributed by atoms with Crippen molar-refractivity contribution >= 4 is 17.7 Å². The van der Waals surface area contributed by atoms with Gasteiger partial charge in [0.2, 0.25) is 5.91 Å². The molecular formula is C17H13F4NO. The smallest absolute Gasteiger partial charge is 0.322 e. The fraction of sp³-hybridized carbons (Fsp3) is 0.118. The number of benzene rings is 2. The highest BCUT2D eigenvalue weighted by atomic mass is 19.4. The Morgan fingerprint density at radius 2 is 1.87 bits per heavy atom. The summed E-state index contributed by atoms with van der Waals surface area (Å²) in [6.07, 6.45) is -2.03. The van der Waals surface area contributed by atoms with E-state index < -0.39 is 23.5 Å². The molecule has 0 unspecified atom stereocenters. The zero-order valence-electron chi connectivity index (χ0n) is 12.1. The van der Waals surface area contributed by atoms with Gasteiger partial charge in [-0.1, -0.05) is 12.1 Å². The molecule has 0 aliphatic rings. The van der Waals surface area contributed by atoms with Gasteiger partial charge in [-0.05, 0) is 54.5 Å². The number of carbonyl (C=O) groups excluding carboxylic acids is 1. The third-order valence-electron chi connectivity index (χ3n) is 3.09. The van der Waals surface area contributed by atoms with E-state index in [2.05, 4.69) is 5.32 Å². The summed E-state index contributed by atoms with van der Waals surface area (Å²) in [6.45, 7) is 1.63. The molecule has 2 rings (SSSR count). The van der Waals surface area contributed by atoms with Gasteiger partial charge in [-0.25, -0.2) is 4.39 Å². The van der Waals surface area contributed by atoms with Crippen molar-refractivity contribution < 1.29 is 22.4 Å². The van der Waals surface area contributed by atoms with Crippen LogP contribution in [0.5, 0.6) is 0 Å². The number of alkyl halides is 3. The number of aryl methyl sites for hydroxylation is 1. The van der Waals surface area contributed by atoms with Crippen LogP contribution in [-0.2, 0) is 11.0 Å². The zero-order chi connectivity index (χ0) is 17.0. The van der Waals surface area contributed by atoms with E-state index in [4.69, 9.17) is 0 Å². The van der Waals surface area contributed by atoms with Gasteiger partial charge in [-0.15, -0.1) is 0 Å². The van der Waals surface area contributed by atoms with Crippen LogP contribution in [0.25, 0.3) is 6.08 Å². The first-order valence-electron chi connectivity index (χ1n) is 6.68. The van der Waals surface area contributed by atoms with Crippen LogP contribution in [0.4, 0.5) is 23.2 Å². The molecule has 1 N–H and O–H groups in total. The Balaban J connectivity index is 2.09. The minimum absolute atomic E-state index is 0.255. The molecule has 0 radical (unpaired) electrons. The van der Waals surface area contributed by atoms with Crippen LogP contribution >= 0.6 is 0 Å². The molecule has 1 amide bonds.